The SMILES string of the molecule is NC(=O)c1cccc([N+]([O-])(O)O)c1[N+]([O-])(O)O. The van der Waals surface area contributed by atoms with E-state index >= 15 is 0 Å². The fraction of sp³-hybridized carbons (Fsp3) is 0. The topological polar surface area (TPSA) is 170 Å². The number of nitrogens with zero attached hydrogens (tertiary/aromatic N) is 2. The van der Waals surface area contributed by atoms with Crippen LogP contribution in [0.1, 0.15) is 10.4 Å². The lowest BCUT2D eigenvalue weighted by Gasteiger charge is -2.30. The molecule has 0 atom stereocenters. The number of carbonyl (C=O) groups excluding carboxylic acids is 1. The first-order chi connectivity index (χ1) is 7.55. The zero-order chi connectivity index (χ0) is 13.4. The highest BCUT2D eigenvalue weighted by molar-refractivity contribution is 6.00. The molecule has 0 saturated heterocycles. The minimum atomic E-state index is -3.20. The smallest absolute Gasteiger partial charge is 0.280 e. The van der Waals surface area contributed by atoms with Crippen LogP contribution < -0.4 is 15.7 Å². The summed E-state index contributed by atoms with van der Waals surface area (Å²) in [5.41, 5.74) is 1.68. The third-order valence-corrected chi connectivity index (χ3v) is 1.89. The Morgan fingerprint density at radius 3 is 2.00 bits per heavy atom. The Bertz CT molecular complexity index is 448. The van der Waals surface area contributed by atoms with E-state index in [-0.39, 0.29) is 0 Å². The molecule has 1 aromatic rings. The first-order valence-corrected chi connectivity index (χ1v) is 4.10. The number of nitrogens with two attached hydrogens (primary N) is 1. The quantitative estimate of drug-likeness (QED) is 0.368. The van der Waals surface area contributed by atoms with Crippen LogP contribution in [0.5, 0.6) is 0 Å². The number of carbonyl (C=O) groups is 1. The highest BCUT2D eigenvalue weighted by atomic mass is 17.1. The van der Waals surface area contributed by atoms with Crippen molar-refractivity contribution in [3.63, 3.8) is 0 Å². The van der Waals surface area contributed by atoms with E-state index in [1.807, 2.05) is 0 Å². The average molecular weight is 247 g/mol. The van der Waals surface area contributed by atoms with E-state index in [0.717, 1.165) is 12.1 Å². The molecule has 0 saturated carbocycles. The molecule has 94 valence electrons. The Balaban J connectivity index is 3.64. The molecule has 0 aliphatic carbocycles. The van der Waals surface area contributed by atoms with Gasteiger partial charge >= 0.3 is 0 Å². The van der Waals surface area contributed by atoms with Gasteiger partial charge in [0.25, 0.3) is 17.3 Å². The van der Waals surface area contributed by atoms with Crippen LogP contribution in [-0.2, 0) is 0 Å². The number of hydrogen-bond acceptors (Lipinski definition) is 7. The molecule has 17 heavy (non-hydrogen) atoms. The third-order valence-electron chi connectivity index (χ3n) is 1.89. The lowest BCUT2D eigenvalue weighted by molar-refractivity contribution is -0.269. The van der Waals surface area contributed by atoms with Crippen molar-refractivity contribution in [1.82, 2.24) is 9.95 Å². The summed E-state index contributed by atoms with van der Waals surface area (Å²) in [7, 11) is 0. The number of para-hydroxylation sites is 1. The number of benzene rings is 1. The van der Waals surface area contributed by atoms with E-state index in [1.165, 1.54) is 0 Å². The van der Waals surface area contributed by atoms with Gasteiger partial charge in [-0.2, -0.15) is 20.8 Å². The molecule has 0 aliphatic rings. The molecule has 1 aromatic carbocycles. The molecule has 1 rings (SSSR count). The lowest BCUT2D eigenvalue weighted by Crippen LogP contribution is -2.42. The van der Waals surface area contributed by atoms with Crippen molar-refractivity contribution in [3.8, 4) is 0 Å². The zero-order valence-corrected chi connectivity index (χ0v) is 8.22. The molecule has 6 N–H and O–H groups in total. The van der Waals surface area contributed by atoms with Crippen LogP contribution in [0.3, 0.4) is 0 Å². The van der Waals surface area contributed by atoms with Crippen molar-refractivity contribution >= 4 is 17.3 Å². The number of amides is 1. The van der Waals surface area contributed by atoms with Gasteiger partial charge in [0.15, 0.2) is 0 Å². The van der Waals surface area contributed by atoms with E-state index in [4.69, 9.17) is 26.6 Å². The molecule has 0 aliphatic heterocycles. The van der Waals surface area contributed by atoms with E-state index in [2.05, 4.69) is 0 Å². The van der Waals surface area contributed by atoms with Crippen LogP contribution in [0.25, 0.3) is 0 Å². The summed E-state index contributed by atoms with van der Waals surface area (Å²) >= 11 is 0. The van der Waals surface area contributed by atoms with E-state index in [1.54, 1.807) is 0 Å². The Kier molecular flexibility index (Phi) is 3.15. The molecule has 0 unspecified atom stereocenters. The first kappa shape index (κ1) is 13.4. The first-order valence-electron chi connectivity index (χ1n) is 4.10. The van der Waals surface area contributed by atoms with E-state index in [9.17, 15) is 15.2 Å². The number of hydrogen-bond donors (Lipinski definition) is 5. The second-order valence-corrected chi connectivity index (χ2v) is 3.13. The maximum absolute atomic E-state index is 11.0. The summed E-state index contributed by atoms with van der Waals surface area (Å²) in [4.78, 5) is 4.62. The van der Waals surface area contributed by atoms with Crippen LogP contribution in [0.15, 0.2) is 18.2 Å². The summed E-state index contributed by atoms with van der Waals surface area (Å²) in [5.74, 6) is -1.25. The van der Waals surface area contributed by atoms with Gasteiger partial charge in [0.05, 0.1) is 0 Å². The lowest BCUT2D eigenvalue weighted by atomic mass is 10.1. The molecule has 0 spiro atoms. The van der Waals surface area contributed by atoms with Gasteiger partial charge in [-0.05, 0) is 16.0 Å². The summed E-state index contributed by atoms with van der Waals surface area (Å²) in [5, 5.41) is 57.0. The maximum atomic E-state index is 11.0. The van der Waals surface area contributed by atoms with Gasteiger partial charge in [0, 0.05) is 6.07 Å². The molecule has 0 radical (unpaired) electrons. The number of rotatable bonds is 3. The second-order valence-electron chi connectivity index (χ2n) is 3.13. The van der Waals surface area contributed by atoms with Crippen molar-refractivity contribution in [2.75, 3.05) is 0 Å². The molecule has 0 heterocycles. The van der Waals surface area contributed by atoms with Crippen molar-refractivity contribution in [1.29, 1.82) is 0 Å². The highest BCUT2D eigenvalue weighted by Gasteiger charge is 2.36. The summed E-state index contributed by atoms with van der Waals surface area (Å²) in [6.45, 7) is 0. The van der Waals surface area contributed by atoms with Gasteiger partial charge in [-0.25, -0.2) is 0 Å². The molecule has 10 nitrogen and oxygen atoms in total. The molecular formula is C7H9N3O7. The molecule has 0 aromatic heterocycles. The largest absolute Gasteiger partial charge is 0.559 e. The van der Waals surface area contributed by atoms with Crippen molar-refractivity contribution in [3.05, 3.63) is 34.2 Å². The van der Waals surface area contributed by atoms with Crippen molar-refractivity contribution < 1.29 is 25.6 Å². The Hall–Kier alpha value is -1.63. The zero-order valence-electron chi connectivity index (χ0n) is 8.22. The molecule has 10 heteroatoms. The fourth-order valence-corrected chi connectivity index (χ4v) is 1.27. The van der Waals surface area contributed by atoms with Gasteiger partial charge in [-0.15, -0.1) is 0 Å². The Morgan fingerprint density at radius 1 is 1.12 bits per heavy atom. The molecule has 1 amide bonds. The monoisotopic (exact) mass is 247 g/mol. The molecule has 0 fully saturated rings. The number of quaternary nitrogens is 2. The fourth-order valence-electron chi connectivity index (χ4n) is 1.27. The third kappa shape index (κ3) is 2.73. The van der Waals surface area contributed by atoms with Gasteiger partial charge in [-0.1, -0.05) is 6.07 Å². The predicted octanol–water partition coefficient (Wildman–Crippen LogP) is -0.0475. The Morgan fingerprint density at radius 2 is 1.65 bits per heavy atom. The van der Waals surface area contributed by atoms with Crippen LogP contribution in [0, 0.1) is 10.4 Å². The van der Waals surface area contributed by atoms with Crippen LogP contribution >= 0.6 is 0 Å². The molecular weight excluding hydrogens is 238 g/mol. The standard InChI is InChI=1S/C7H9N3O7/c8-7(11)4-2-1-3-5(9(12,13)14)6(4)10(15,16)17/h1-3,12-13,15-16H,(H2,8,11). The minimum absolute atomic E-state index is 0.714. The normalized spacial score (nSPS) is 12.6. The second kappa shape index (κ2) is 3.99. The summed E-state index contributed by atoms with van der Waals surface area (Å²) in [6, 6.07) is 2.63. The van der Waals surface area contributed by atoms with Gasteiger partial charge in [0.2, 0.25) is 0 Å². The van der Waals surface area contributed by atoms with Gasteiger partial charge in [0.1, 0.15) is 5.56 Å². The van der Waals surface area contributed by atoms with Crippen molar-refractivity contribution in [2.24, 2.45) is 5.73 Å². The van der Waals surface area contributed by atoms with Crippen LogP contribution in [0.2, 0.25) is 0 Å². The molecule has 0 bridgehead atoms. The minimum Gasteiger partial charge on any atom is -0.559 e. The summed E-state index contributed by atoms with van der Waals surface area (Å²) in [6.07, 6.45) is 0. The highest BCUT2D eigenvalue weighted by Crippen LogP contribution is 2.36. The van der Waals surface area contributed by atoms with Crippen LogP contribution in [0.4, 0.5) is 11.4 Å². The van der Waals surface area contributed by atoms with Crippen LogP contribution in [-0.4, -0.2) is 26.7 Å². The van der Waals surface area contributed by atoms with E-state index < -0.39 is 32.8 Å². The van der Waals surface area contributed by atoms with E-state index in [0.29, 0.717) is 6.07 Å². The van der Waals surface area contributed by atoms with Crippen molar-refractivity contribution in [2.45, 2.75) is 0 Å². The average Bonchev–Trinajstić information content (AvgIpc) is 2.13. The van der Waals surface area contributed by atoms with Gasteiger partial charge < -0.3 is 16.1 Å². The Labute approximate surface area is 93.7 Å². The maximum Gasteiger partial charge on any atom is 0.280 e. The predicted molar refractivity (Wildman–Crippen MR) is 52.4 cm³/mol. The summed E-state index contributed by atoms with van der Waals surface area (Å²) < 4.78 is 0. The van der Waals surface area contributed by atoms with Gasteiger partial charge in [-0.3, -0.25) is 4.79 Å². The number of primary amides is 1.